The van der Waals surface area contributed by atoms with Gasteiger partial charge in [0, 0.05) is 6.42 Å². The lowest BCUT2D eigenvalue weighted by Crippen LogP contribution is -2.14. The molecule has 0 aliphatic carbocycles. The first kappa shape index (κ1) is 19.3. The van der Waals surface area contributed by atoms with Gasteiger partial charge in [-0.15, -0.1) is 0 Å². The second-order valence-electron chi connectivity index (χ2n) is 6.37. The van der Waals surface area contributed by atoms with E-state index < -0.39 is 10.0 Å². The van der Waals surface area contributed by atoms with Crippen LogP contribution in [-0.2, 0) is 14.8 Å². The van der Waals surface area contributed by atoms with Gasteiger partial charge in [0.25, 0.3) is 10.0 Å². The number of aromatic nitrogens is 1. The summed E-state index contributed by atoms with van der Waals surface area (Å²) in [5, 5.41) is 3.28. The van der Waals surface area contributed by atoms with Gasteiger partial charge < -0.3 is 5.32 Å². The molecule has 6 nitrogen and oxygen atoms in total. The number of carbonyl (C=O) groups excluding carboxylic acids is 1. The van der Waals surface area contributed by atoms with Crippen LogP contribution in [0, 0.1) is 13.8 Å². The van der Waals surface area contributed by atoms with E-state index in [4.69, 9.17) is 0 Å². The van der Waals surface area contributed by atoms with Crippen LogP contribution < -0.4 is 10.0 Å². The smallest absolute Gasteiger partial charge is 0.262 e. The van der Waals surface area contributed by atoms with E-state index in [9.17, 15) is 13.2 Å². The van der Waals surface area contributed by atoms with Crippen molar-refractivity contribution in [2.24, 2.45) is 0 Å². The maximum Gasteiger partial charge on any atom is 0.262 e. The summed E-state index contributed by atoms with van der Waals surface area (Å²) in [6, 6.07) is 10.5. The number of aryl methyl sites for hydroxylation is 2. The van der Waals surface area contributed by atoms with E-state index in [-0.39, 0.29) is 10.8 Å². The molecule has 3 rings (SSSR count). The highest BCUT2D eigenvalue weighted by molar-refractivity contribution is 7.92. The van der Waals surface area contributed by atoms with Crippen LogP contribution in [0.1, 0.15) is 30.9 Å². The average Bonchev–Trinajstić information content (AvgIpc) is 2.98. The number of thiazole rings is 1. The third-order valence-corrected chi connectivity index (χ3v) is 6.47. The van der Waals surface area contributed by atoms with Crippen molar-refractivity contribution in [3.8, 4) is 0 Å². The molecule has 0 fully saturated rings. The van der Waals surface area contributed by atoms with Gasteiger partial charge >= 0.3 is 0 Å². The molecule has 2 N–H and O–H groups in total. The topological polar surface area (TPSA) is 88.2 Å². The van der Waals surface area contributed by atoms with Gasteiger partial charge in [0.15, 0.2) is 5.13 Å². The monoisotopic (exact) mass is 403 g/mol. The maximum atomic E-state index is 12.7. The predicted octanol–water partition coefficient (Wildman–Crippen LogP) is 4.45. The van der Waals surface area contributed by atoms with Crippen LogP contribution in [0.25, 0.3) is 10.2 Å². The SMILES string of the molecule is CCCC(=O)Nc1nc2cc(NS(=O)(=O)c3cc(C)ccc3C)ccc2s1. The van der Waals surface area contributed by atoms with Crippen molar-refractivity contribution in [2.75, 3.05) is 10.0 Å². The summed E-state index contributed by atoms with van der Waals surface area (Å²) in [4.78, 5) is 16.4. The molecule has 1 amide bonds. The Bertz CT molecular complexity index is 1100. The number of hydrogen-bond donors (Lipinski definition) is 2. The van der Waals surface area contributed by atoms with Gasteiger partial charge in [0.1, 0.15) is 0 Å². The molecule has 0 bridgehead atoms. The van der Waals surface area contributed by atoms with E-state index in [0.717, 1.165) is 16.7 Å². The Kier molecular flexibility index (Phi) is 5.48. The molecule has 0 radical (unpaired) electrons. The first-order valence-electron chi connectivity index (χ1n) is 8.59. The highest BCUT2D eigenvalue weighted by atomic mass is 32.2. The molecular formula is C19H21N3O3S2. The van der Waals surface area contributed by atoms with E-state index in [1.54, 1.807) is 37.3 Å². The Morgan fingerprint density at radius 3 is 2.67 bits per heavy atom. The lowest BCUT2D eigenvalue weighted by molar-refractivity contribution is -0.116. The number of amides is 1. The Morgan fingerprint density at radius 1 is 1.15 bits per heavy atom. The number of rotatable bonds is 6. The first-order valence-corrected chi connectivity index (χ1v) is 10.9. The molecule has 0 atom stereocenters. The van der Waals surface area contributed by atoms with Crippen molar-refractivity contribution in [1.82, 2.24) is 4.98 Å². The van der Waals surface area contributed by atoms with Crippen molar-refractivity contribution in [3.63, 3.8) is 0 Å². The van der Waals surface area contributed by atoms with Gasteiger partial charge in [0.05, 0.1) is 20.8 Å². The van der Waals surface area contributed by atoms with Crippen molar-refractivity contribution in [3.05, 3.63) is 47.5 Å². The zero-order valence-corrected chi connectivity index (χ0v) is 17.0. The molecule has 2 aromatic carbocycles. The standard InChI is InChI=1S/C19H21N3O3S2/c1-4-5-18(23)21-19-20-15-11-14(8-9-16(15)26-19)22-27(24,25)17-10-12(2)6-7-13(17)3/h6-11,22H,4-5H2,1-3H3,(H,20,21,23). The second kappa shape index (κ2) is 7.66. The van der Waals surface area contributed by atoms with Crippen LogP contribution >= 0.6 is 11.3 Å². The van der Waals surface area contributed by atoms with E-state index >= 15 is 0 Å². The molecule has 3 aromatic rings. The molecule has 0 aliphatic heterocycles. The number of fused-ring (bicyclic) bond motifs is 1. The van der Waals surface area contributed by atoms with Crippen molar-refractivity contribution < 1.29 is 13.2 Å². The Hall–Kier alpha value is -2.45. The van der Waals surface area contributed by atoms with Crippen LogP contribution in [0.15, 0.2) is 41.3 Å². The largest absolute Gasteiger partial charge is 0.302 e. The van der Waals surface area contributed by atoms with Crippen molar-refractivity contribution >= 4 is 48.3 Å². The van der Waals surface area contributed by atoms with Gasteiger partial charge in [-0.2, -0.15) is 0 Å². The van der Waals surface area contributed by atoms with E-state index in [2.05, 4.69) is 15.0 Å². The third kappa shape index (κ3) is 4.45. The maximum absolute atomic E-state index is 12.7. The van der Waals surface area contributed by atoms with E-state index in [1.807, 2.05) is 19.9 Å². The van der Waals surface area contributed by atoms with Crippen LogP contribution in [0.5, 0.6) is 0 Å². The molecule has 0 spiro atoms. The van der Waals surface area contributed by atoms with Crippen molar-refractivity contribution in [1.29, 1.82) is 0 Å². The summed E-state index contributed by atoms with van der Waals surface area (Å²) in [5.74, 6) is -0.0765. The summed E-state index contributed by atoms with van der Waals surface area (Å²) in [7, 11) is -3.70. The minimum atomic E-state index is -3.70. The van der Waals surface area contributed by atoms with Gasteiger partial charge in [-0.25, -0.2) is 13.4 Å². The molecule has 0 saturated heterocycles. The Morgan fingerprint density at radius 2 is 1.93 bits per heavy atom. The molecular weight excluding hydrogens is 382 g/mol. The van der Waals surface area contributed by atoms with E-state index in [1.165, 1.54) is 11.3 Å². The molecule has 27 heavy (non-hydrogen) atoms. The molecule has 0 saturated carbocycles. The van der Waals surface area contributed by atoms with Crippen LogP contribution in [0.2, 0.25) is 0 Å². The van der Waals surface area contributed by atoms with Crippen molar-refractivity contribution in [2.45, 2.75) is 38.5 Å². The number of sulfonamides is 1. The number of nitrogens with zero attached hydrogens (tertiary/aromatic N) is 1. The minimum absolute atomic E-state index is 0.0765. The third-order valence-electron chi connectivity index (χ3n) is 4.00. The van der Waals surface area contributed by atoms with Crippen LogP contribution in [0.3, 0.4) is 0 Å². The lowest BCUT2D eigenvalue weighted by atomic mass is 10.2. The fraction of sp³-hybridized carbons (Fsp3) is 0.263. The zero-order valence-electron chi connectivity index (χ0n) is 15.4. The van der Waals surface area contributed by atoms with Gasteiger partial charge in [-0.3, -0.25) is 9.52 Å². The molecule has 0 unspecified atom stereocenters. The van der Waals surface area contributed by atoms with Crippen LogP contribution in [0.4, 0.5) is 10.8 Å². The fourth-order valence-electron chi connectivity index (χ4n) is 2.66. The summed E-state index contributed by atoms with van der Waals surface area (Å²) in [5.41, 5.74) is 2.63. The predicted molar refractivity (Wildman–Crippen MR) is 110 cm³/mol. The molecule has 0 aliphatic rings. The number of carbonyl (C=O) groups is 1. The minimum Gasteiger partial charge on any atom is -0.302 e. The second-order valence-corrected chi connectivity index (χ2v) is 9.06. The summed E-state index contributed by atoms with van der Waals surface area (Å²) in [6.07, 6.45) is 1.21. The zero-order chi connectivity index (χ0) is 19.6. The Labute approximate surface area is 162 Å². The number of anilines is 2. The molecule has 1 heterocycles. The highest BCUT2D eigenvalue weighted by Crippen LogP contribution is 2.29. The summed E-state index contributed by atoms with van der Waals surface area (Å²) in [6.45, 7) is 5.56. The Balaban J connectivity index is 1.87. The number of benzene rings is 2. The number of nitrogens with one attached hydrogen (secondary N) is 2. The van der Waals surface area contributed by atoms with Gasteiger partial charge in [-0.1, -0.05) is 30.4 Å². The summed E-state index contributed by atoms with van der Waals surface area (Å²) >= 11 is 1.36. The van der Waals surface area contributed by atoms with Gasteiger partial charge in [-0.05, 0) is 55.7 Å². The molecule has 142 valence electrons. The fourth-order valence-corrected chi connectivity index (χ4v) is 4.90. The molecule has 8 heteroatoms. The summed E-state index contributed by atoms with van der Waals surface area (Å²) < 4.78 is 29.0. The van der Waals surface area contributed by atoms with E-state index in [0.29, 0.717) is 28.3 Å². The molecule has 1 aromatic heterocycles. The first-order chi connectivity index (χ1) is 12.8. The normalized spacial score (nSPS) is 11.5. The average molecular weight is 404 g/mol. The van der Waals surface area contributed by atoms with Gasteiger partial charge in [0.2, 0.25) is 5.91 Å². The lowest BCUT2D eigenvalue weighted by Gasteiger charge is -2.11. The number of hydrogen-bond acceptors (Lipinski definition) is 5. The highest BCUT2D eigenvalue weighted by Gasteiger charge is 2.18. The quantitative estimate of drug-likeness (QED) is 0.636. The van der Waals surface area contributed by atoms with Crippen LogP contribution in [-0.4, -0.2) is 19.3 Å².